The fourth-order valence-corrected chi connectivity index (χ4v) is 2.21. The molecule has 0 aliphatic rings. The van der Waals surface area contributed by atoms with Crippen LogP contribution in [0.25, 0.3) is 0 Å². The Morgan fingerprint density at radius 3 is 2.04 bits per heavy atom. The van der Waals surface area contributed by atoms with Gasteiger partial charge in [0.15, 0.2) is 0 Å². The molecule has 0 saturated carbocycles. The van der Waals surface area contributed by atoms with Crippen LogP contribution in [0.5, 0.6) is 0 Å². The summed E-state index contributed by atoms with van der Waals surface area (Å²) in [6, 6.07) is 24.1. The van der Waals surface area contributed by atoms with Gasteiger partial charge in [0.1, 0.15) is 0 Å². The highest BCUT2D eigenvalue weighted by Gasteiger charge is 2.14. The number of nitrogens with one attached hydrogen (secondary N) is 2. The first kappa shape index (κ1) is 17.0. The van der Waals surface area contributed by atoms with E-state index in [4.69, 9.17) is 0 Å². The van der Waals surface area contributed by atoms with Gasteiger partial charge in [-0.25, -0.2) is 4.79 Å². The predicted molar refractivity (Wildman–Crippen MR) is 100.0 cm³/mol. The Balaban J connectivity index is 1.71. The van der Waals surface area contributed by atoms with Crippen LogP contribution in [-0.4, -0.2) is 11.9 Å². The summed E-state index contributed by atoms with van der Waals surface area (Å²) in [5.41, 5.74) is 1.90. The molecule has 0 aromatic heterocycles. The monoisotopic (exact) mass is 344 g/mol. The topological polar surface area (TPSA) is 82.9 Å². The highest BCUT2D eigenvalue weighted by atomic mass is 16.2. The number of carbonyl (C=O) groups excluding carboxylic acids is 2. The molecule has 26 heavy (non-hydrogen) atoms. The standard InChI is InChI=1S/C20H16N4O2/c25-19(22-20(26)21-15-9-3-1-4-10-15)17-13-7-8-14-18(17)24-23-16-11-5-2-6-12-16/h1-14H,(H2,21,22,25,26). The normalized spacial score (nSPS) is 10.5. The third-order valence-corrected chi connectivity index (χ3v) is 3.44. The molecule has 6 heteroatoms. The second kappa shape index (κ2) is 8.34. The summed E-state index contributed by atoms with van der Waals surface area (Å²) in [4.78, 5) is 24.4. The van der Waals surface area contributed by atoms with Crippen molar-refractivity contribution in [2.75, 3.05) is 5.32 Å². The number of rotatable bonds is 4. The zero-order valence-electron chi connectivity index (χ0n) is 13.8. The second-order valence-corrected chi connectivity index (χ2v) is 5.33. The highest BCUT2D eigenvalue weighted by Crippen LogP contribution is 2.22. The van der Waals surface area contributed by atoms with Gasteiger partial charge < -0.3 is 5.32 Å². The number of urea groups is 1. The largest absolute Gasteiger partial charge is 0.326 e. The van der Waals surface area contributed by atoms with Gasteiger partial charge in [-0.15, -0.1) is 5.11 Å². The first-order chi connectivity index (χ1) is 12.7. The van der Waals surface area contributed by atoms with E-state index in [2.05, 4.69) is 20.9 Å². The molecule has 0 heterocycles. The van der Waals surface area contributed by atoms with Crippen LogP contribution in [0, 0.1) is 0 Å². The van der Waals surface area contributed by atoms with Crippen LogP contribution in [0.4, 0.5) is 21.9 Å². The van der Waals surface area contributed by atoms with Crippen molar-refractivity contribution in [3.8, 4) is 0 Å². The average molecular weight is 344 g/mol. The van der Waals surface area contributed by atoms with Gasteiger partial charge in [-0.2, -0.15) is 5.11 Å². The Hall–Kier alpha value is -3.80. The van der Waals surface area contributed by atoms with E-state index >= 15 is 0 Å². The van der Waals surface area contributed by atoms with Crippen molar-refractivity contribution in [3.63, 3.8) is 0 Å². The van der Waals surface area contributed by atoms with Crippen LogP contribution in [0.2, 0.25) is 0 Å². The van der Waals surface area contributed by atoms with Crippen LogP contribution in [0.15, 0.2) is 95.2 Å². The van der Waals surface area contributed by atoms with Crippen molar-refractivity contribution in [3.05, 3.63) is 90.5 Å². The van der Waals surface area contributed by atoms with E-state index in [1.807, 2.05) is 24.3 Å². The number of amides is 3. The van der Waals surface area contributed by atoms with Crippen LogP contribution < -0.4 is 10.6 Å². The molecule has 0 saturated heterocycles. The number of hydrogen-bond donors (Lipinski definition) is 2. The molecule has 0 aliphatic heterocycles. The molecule has 6 nitrogen and oxygen atoms in total. The van der Waals surface area contributed by atoms with Gasteiger partial charge in [-0.3, -0.25) is 10.1 Å². The molecule has 3 amide bonds. The third kappa shape index (κ3) is 4.61. The second-order valence-electron chi connectivity index (χ2n) is 5.33. The number of imide groups is 1. The van der Waals surface area contributed by atoms with Gasteiger partial charge in [0.2, 0.25) is 0 Å². The third-order valence-electron chi connectivity index (χ3n) is 3.44. The Bertz CT molecular complexity index is 925. The van der Waals surface area contributed by atoms with Gasteiger partial charge in [0.05, 0.1) is 16.9 Å². The number of anilines is 1. The van der Waals surface area contributed by atoms with Gasteiger partial charge in [-0.1, -0.05) is 48.5 Å². The maximum atomic E-state index is 12.4. The van der Waals surface area contributed by atoms with E-state index < -0.39 is 11.9 Å². The number of para-hydroxylation sites is 1. The molecule has 0 bridgehead atoms. The summed E-state index contributed by atoms with van der Waals surface area (Å²) >= 11 is 0. The lowest BCUT2D eigenvalue weighted by atomic mass is 10.1. The van der Waals surface area contributed by atoms with Crippen molar-refractivity contribution in [2.45, 2.75) is 0 Å². The van der Waals surface area contributed by atoms with Gasteiger partial charge in [0, 0.05) is 5.69 Å². The Morgan fingerprint density at radius 1 is 0.692 bits per heavy atom. The lowest BCUT2D eigenvalue weighted by Crippen LogP contribution is -2.34. The Kier molecular flexibility index (Phi) is 5.47. The van der Waals surface area contributed by atoms with Crippen LogP contribution in [-0.2, 0) is 0 Å². The zero-order chi connectivity index (χ0) is 18.2. The molecular weight excluding hydrogens is 328 g/mol. The summed E-state index contributed by atoms with van der Waals surface area (Å²) in [5.74, 6) is -0.555. The number of hydrogen-bond acceptors (Lipinski definition) is 4. The maximum Gasteiger partial charge on any atom is 0.326 e. The molecule has 0 aliphatic carbocycles. The summed E-state index contributed by atoms with van der Waals surface area (Å²) in [6.45, 7) is 0. The van der Waals surface area contributed by atoms with E-state index in [-0.39, 0.29) is 5.56 Å². The van der Waals surface area contributed by atoms with Gasteiger partial charge >= 0.3 is 6.03 Å². The molecule has 0 spiro atoms. The summed E-state index contributed by atoms with van der Waals surface area (Å²) in [5, 5.41) is 13.1. The molecule has 0 unspecified atom stereocenters. The van der Waals surface area contributed by atoms with Crippen LogP contribution >= 0.6 is 0 Å². The highest BCUT2D eigenvalue weighted by molar-refractivity contribution is 6.10. The minimum absolute atomic E-state index is 0.260. The minimum Gasteiger partial charge on any atom is -0.308 e. The Labute approximate surface area is 150 Å². The Morgan fingerprint density at radius 2 is 1.31 bits per heavy atom. The quantitative estimate of drug-likeness (QED) is 0.648. The van der Waals surface area contributed by atoms with Crippen molar-refractivity contribution >= 4 is 29.0 Å². The number of azo groups is 1. The number of nitrogens with zero attached hydrogens (tertiary/aromatic N) is 2. The molecule has 2 N–H and O–H groups in total. The van der Waals surface area contributed by atoms with E-state index in [0.717, 1.165) is 0 Å². The minimum atomic E-state index is -0.615. The van der Waals surface area contributed by atoms with E-state index in [1.165, 1.54) is 0 Å². The van der Waals surface area contributed by atoms with Crippen molar-refractivity contribution in [2.24, 2.45) is 10.2 Å². The fraction of sp³-hybridized carbons (Fsp3) is 0. The fourth-order valence-electron chi connectivity index (χ4n) is 2.21. The lowest BCUT2D eigenvalue weighted by molar-refractivity contribution is 0.0968. The first-order valence-corrected chi connectivity index (χ1v) is 7.95. The molecule has 0 fully saturated rings. The molecule has 3 aromatic rings. The first-order valence-electron chi connectivity index (χ1n) is 7.95. The van der Waals surface area contributed by atoms with E-state index in [1.54, 1.807) is 60.7 Å². The number of carbonyl (C=O) groups is 2. The smallest absolute Gasteiger partial charge is 0.308 e. The van der Waals surface area contributed by atoms with E-state index in [0.29, 0.717) is 17.1 Å². The predicted octanol–water partition coefficient (Wildman–Crippen LogP) is 5.06. The average Bonchev–Trinajstić information content (AvgIpc) is 2.68. The molecule has 128 valence electrons. The van der Waals surface area contributed by atoms with Crippen molar-refractivity contribution < 1.29 is 9.59 Å². The molecule has 0 atom stereocenters. The zero-order valence-corrected chi connectivity index (χ0v) is 13.8. The van der Waals surface area contributed by atoms with Crippen LogP contribution in [0.3, 0.4) is 0 Å². The summed E-state index contributed by atoms with van der Waals surface area (Å²) in [7, 11) is 0. The molecule has 3 aromatic carbocycles. The van der Waals surface area contributed by atoms with Crippen LogP contribution in [0.1, 0.15) is 10.4 Å². The number of benzene rings is 3. The molecule has 3 rings (SSSR count). The van der Waals surface area contributed by atoms with Crippen molar-refractivity contribution in [1.29, 1.82) is 0 Å². The lowest BCUT2D eigenvalue weighted by Gasteiger charge is -2.07. The molecular formula is C20H16N4O2. The maximum absolute atomic E-state index is 12.4. The van der Waals surface area contributed by atoms with Crippen molar-refractivity contribution in [1.82, 2.24) is 5.32 Å². The van der Waals surface area contributed by atoms with E-state index in [9.17, 15) is 9.59 Å². The van der Waals surface area contributed by atoms with Gasteiger partial charge in [-0.05, 0) is 36.4 Å². The summed E-state index contributed by atoms with van der Waals surface area (Å²) < 4.78 is 0. The molecule has 0 radical (unpaired) electrons. The SMILES string of the molecule is O=C(NC(=O)c1ccccc1N=Nc1ccccc1)Nc1ccccc1. The summed E-state index contributed by atoms with van der Waals surface area (Å²) in [6.07, 6.45) is 0. The van der Waals surface area contributed by atoms with Gasteiger partial charge in [0.25, 0.3) is 5.91 Å².